The second-order valence-electron chi connectivity index (χ2n) is 4.60. The van der Waals surface area contributed by atoms with Crippen LogP contribution in [0.4, 0.5) is 0 Å². The van der Waals surface area contributed by atoms with E-state index in [-0.39, 0.29) is 6.04 Å². The lowest BCUT2D eigenvalue weighted by Gasteiger charge is -2.06. The zero-order chi connectivity index (χ0) is 13.9. The molecule has 0 fully saturated rings. The molecule has 1 N–H and O–H groups in total. The topological polar surface area (TPSA) is 63.8 Å². The van der Waals surface area contributed by atoms with Gasteiger partial charge in [-0.15, -0.1) is 10.2 Å². The quantitative estimate of drug-likeness (QED) is 0.788. The fourth-order valence-corrected chi connectivity index (χ4v) is 2.19. The van der Waals surface area contributed by atoms with Gasteiger partial charge in [0.2, 0.25) is 11.8 Å². The van der Waals surface area contributed by atoms with Gasteiger partial charge in [-0.05, 0) is 25.6 Å². The maximum Gasteiger partial charge on any atom is 0.248 e. The molecule has 0 aliphatic carbocycles. The Kier molecular flexibility index (Phi) is 3.43. The average molecular weight is 268 g/mol. The van der Waals surface area contributed by atoms with E-state index in [0.717, 1.165) is 23.0 Å². The molecule has 0 amide bonds. The van der Waals surface area contributed by atoms with Gasteiger partial charge in [0.05, 0.1) is 11.6 Å². The summed E-state index contributed by atoms with van der Waals surface area (Å²) in [7, 11) is 0. The number of nitrogens with zero attached hydrogens (tertiary/aromatic N) is 3. The summed E-state index contributed by atoms with van der Waals surface area (Å²) >= 11 is 0. The SMILES string of the molecule is CCNC(C)c1nnc(-c2ccnc3ccccc23)o1. The third-order valence-corrected chi connectivity index (χ3v) is 3.20. The van der Waals surface area contributed by atoms with Gasteiger partial charge >= 0.3 is 0 Å². The lowest BCUT2D eigenvalue weighted by atomic mass is 10.1. The molecule has 0 saturated carbocycles. The zero-order valence-electron chi connectivity index (χ0n) is 11.5. The lowest BCUT2D eigenvalue weighted by molar-refractivity contribution is 0.429. The van der Waals surface area contributed by atoms with Crippen molar-refractivity contribution in [1.82, 2.24) is 20.5 Å². The molecule has 1 atom stereocenters. The Morgan fingerprint density at radius 2 is 2.05 bits per heavy atom. The Morgan fingerprint density at radius 1 is 1.20 bits per heavy atom. The molecule has 0 aliphatic rings. The predicted molar refractivity (Wildman–Crippen MR) is 77.1 cm³/mol. The average Bonchev–Trinajstić information content (AvgIpc) is 2.97. The van der Waals surface area contributed by atoms with Crippen molar-refractivity contribution in [2.45, 2.75) is 19.9 Å². The number of rotatable bonds is 4. The van der Waals surface area contributed by atoms with Gasteiger partial charge in [0.15, 0.2) is 0 Å². The van der Waals surface area contributed by atoms with Crippen LogP contribution in [0, 0.1) is 0 Å². The third kappa shape index (κ3) is 2.28. The number of fused-ring (bicyclic) bond motifs is 1. The van der Waals surface area contributed by atoms with Crippen molar-refractivity contribution in [3.8, 4) is 11.5 Å². The summed E-state index contributed by atoms with van der Waals surface area (Å²) < 4.78 is 5.78. The molecule has 0 aliphatic heterocycles. The molecule has 3 aromatic rings. The number of hydrogen-bond acceptors (Lipinski definition) is 5. The van der Waals surface area contributed by atoms with Gasteiger partial charge in [0, 0.05) is 17.1 Å². The first kappa shape index (κ1) is 12.7. The minimum absolute atomic E-state index is 0.0503. The molecule has 2 aromatic heterocycles. The molecule has 3 rings (SSSR count). The van der Waals surface area contributed by atoms with Gasteiger partial charge < -0.3 is 9.73 Å². The van der Waals surface area contributed by atoms with Crippen LogP contribution < -0.4 is 5.32 Å². The molecular weight excluding hydrogens is 252 g/mol. The van der Waals surface area contributed by atoms with E-state index >= 15 is 0 Å². The number of benzene rings is 1. The first-order valence-electron chi connectivity index (χ1n) is 6.70. The van der Waals surface area contributed by atoms with Crippen LogP contribution in [0.2, 0.25) is 0 Å². The van der Waals surface area contributed by atoms with Crippen molar-refractivity contribution in [3.63, 3.8) is 0 Å². The van der Waals surface area contributed by atoms with Gasteiger partial charge in [-0.25, -0.2) is 0 Å². The molecule has 0 saturated heterocycles. The van der Waals surface area contributed by atoms with E-state index in [1.165, 1.54) is 0 Å². The molecule has 0 bridgehead atoms. The van der Waals surface area contributed by atoms with Crippen molar-refractivity contribution < 1.29 is 4.42 Å². The van der Waals surface area contributed by atoms with Crippen LogP contribution in [0.3, 0.4) is 0 Å². The van der Waals surface area contributed by atoms with E-state index in [2.05, 4.69) is 20.5 Å². The van der Waals surface area contributed by atoms with Crippen LogP contribution in [0.1, 0.15) is 25.8 Å². The molecule has 102 valence electrons. The van der Waals surface area contributed by atoms with Crippen LogP contribution >= 0.6 is 0 Å². The molecule has 2 heterocycles. The Hall–Kier alpha value is -2.27. The molecule has 1 unspecified atom stereocenters. The van der Waals surface area contributed by atoms with Crippen molar-refractivity contribution in [2.75, 3.05) is 6.54 Å². The number of nitrogens with one attached hydrogen (secondary N) is 1. The normalized spacial score (nSPS) is 12.7. The van der Waals surface area contributed by atoms with E-state index in [4.69, 9.17) is 4.42 Å². The van der Waals surface area contributed by atoms with Crippen LogP contribution in [0.15, 0.2) is 40.9 Å². The Bertz CT molecular complexity index is 717. The maximum atomic E-state index is 5.78. The monoisotopic (exact) mass is 268 g/mol. The van der Waals surface area contributed by atoms with Gasteiger partial charge in [-0.3, -0.25) is 4.98 Å². The third-order valence-electron chi connectivity index (χ3n) is 3.20. The smallest absolute Gasteiger partial charge is 0.248 e. The molecule has 0 spiro atoms. The fraction of sp³-hybridized carbons (Fsp3) is 0.267. The summed E-state index contributed by atoms with van der Waals surface area (Å²) in [5, 5.41) is 12.5. The minimum atomic E-state index is 0.0503. The molecule has 5 nitrogen and oxygen atoms in total. The number of pyridine rings is 1. The van der Waals surface area contributed by atoms with Crippen molar-refractivity contribution in [3.05, 3.63) is 42.4 Å². The highest BCUT2D eigenvalue weighted by atomic mass is 16.4. The molecule has 5 heteroatoms. The highest BCUT2D eigenvalue weighted by Crippen LogP contribution is 2.27. The van der Waals surface area contributed by atoms with Gasteiger partial charge in [-0.2, -0.15) is 0 Å². The lowest BCUT2D eigenvalue weighted by Crippen LogP contribution is -2.17. The predicted octanol–water partition coefficient (Wildman–Crippen LogP) is 2.96. The summed E-state index contributed by atoms with van der Waals surface area (Å²) in [5.74, 6) is 1.13. The molecular formula is C15H16N4O. The van der Waals surface area contributed by atoms with E-state index in [1.807, 2.05) is 44.2 Å². The minimum Gasteiger partial charge on any atom is -0.419 e. The van der Waals surface area contributed by atoms with E-state index in [1.54, 1.807) is 6.20 Å². The highest BCUT2D eigenvalue weighted by molar-refractivity contribution is 5.91. The Morgan fingerprint density at radius 3 is 2.90 bits per heavy atom. The van der Waals surface area contributed by atoms with Crippen LogP contribution in [-0.2, 0) is 0 Å². The second kappa shape index (κ2) is 5.38. The zero-order valence-corrected chi connectivity index (χ0v) is 11.5. The van der Waals surface area contributed by atoms with Gasteiger partial charge in [0.1, 0.15) is 0 Å². The first-order chi connectivity index (χ1) is 9.79. The summed E-state index contributed by atoms with van der Waals surface area (Å²) in [6, 6.07) is 9.87. The number of para-hydroxylation sites is 1. The highest BCUT2D eigenvalue weighted by Gasteiger charge is 2.15. The Balaban J connectivity index is 2.03. The van der Waals surface area contributed by atoms with Crippen molar-refractivity contribution >= 4 is 10.9 Å². The number of aromatic nitrogens is 3. The molecule has 20 heavy (non-hydrogen) atoms. The van der Waals surface area contributed by atoms with E-state index in [9.17, 15) is 0 Å². The summed E-state index contributed by atoms with van der Waals surface area (Å²) in [4.78, 5) is 4.34. The maximum absolute atomic E-state index is 5.78. The fourth-order valence-electron chi connectivity index (χ4n) is 2.19. The van der Waals surface area contributed by atoms with Gasteiger partial charge in [0.25, 0.3) is 0 Å². The molecule has 0 radical (unpaired) electrons. The van der Waals surface area contributed by atoms with Crippen LogP contribution in [-0.4, -0.2) is 21.7 Å². The summed E-state index contributed by atoms with van der Waals surface area (Å²) in [5.41, 5.74) is 1.84. The first-order valence-corrected chi connectivity index (χ1v) is 6.70. The largest absolute Gasteiger partial charge is 0.419 e. The summed E-state index contributed by atoms with van der Waals surface area (Å²) in [6.45, 7) is 4.91. The van der Waals surface area contributed by atoms with Crippen LogP contribution in [0.5, 0.6) is 0 Å². The molecule has 1 aromatic carbocycles. The van der Waals surface area contributed by atoms with Crippen molar-refractivity contribution in [1.29, 1.82) is 0 Å². The van der Waals surface area contributed by atoms with E-state index < -0.39 is 0 Å². The van der Waals surface area contributed by atoms with E-state index in [0.29, 0.717) is 11.8 Å². The summed E-state index contributed by atoms with van der Waals surface area (Å²) in [6.07, 6.45) is 1.76. The van der Waals surface area contributed by atoms with Crippen molar-refractivity contribution in [2.24, 2.45) is 0 Å². The van der Waals surface area contributed by atoms with Gasteiger partial charge in [-0.1, -0.05) is 25.1 Å². The second-order valence-corrected chi connectivity index (χ2v) is 4.60. The number of hydrogen-bond donors (Lipinski definition) is 1. The Labute approximate surface area is 117 Å². The van der Waals surface area contributed by atoms with Crippen LogP contribution in [0.25, 0.3) is 22.4 Å². The standard InChI is InChI=1S/C15H16N4O/c1-3-16-10(2)14-18-19-15(20-14)12-8-9-17-13-7-5-4-6-11(12)13/h4-10,16H,3H2,1-2H3.